The summed E-state index contributed by atoms with van der Waals surface area (Å²) in [5.74, 6) is 0.856. The maximum atomic E-state index is 5.33. The van der Waals surface area contributed by atoms with Crippen molar-refractivity contribution in [2.24, 2.45) is 0 Å². The number of ether oxygens (including phenoxy) is 1. The maximum Gasteiger partial charge on any atom is 0.121 e. The minimum atomic E-state index is 0.856. The van der Waals surface area contributed by atoms with Gasteiger partial charge < -0.3 is 15.4 Å². The van der Waals surface area contributed by atoms with Crippen molar-refractivity contribution in [3.63, 3.8) is 0 Å². The Hall–Kier alpha value is -1.81. The molecular weight excluding hydrogens is 238 g/mol. The average Bonchev–Trinajstić information content (AvgIpc) is 2.46. The predicted octanol–water partition coefficient (Wildman–Crippen LogP) is 2.65. The molecule has 0 fully saturated rings. The van der Waals surface area contributed by atoms with E-state index in [1.165, 1.54) is 0 Å². The van der Waals surface area contributed by atoms with Gasteiger partial charge in [-0.3, -0.25) is 4.98 Å². The Bertz CT molecular complexity index is 528. The van der Waals surface area contributed by atoms with Crippen molar-refractivity contribution in [3.05, 3.63) is 30.5 Å². The van der Waals surface area contributed by atoms with Crippen LogP contribution in [-0.2, 0) is 0 Å². The van der Waals surface area contributed by atoms with E-state index in [2.05, 4.69) is 28.6 Å². The van der Waals surface area contributed by atoms with Crippen LogP contribution in [0, 0.1) is 0 Å². The number of methoxy groups -OCH3 is 1. The van der Waals surface area contributed by atoms with Gasteiger partial charge in [0.05, 0.1) is 18.3 Å². The highest BCUT2D eigenvalue weighted by molar-refractivity contribution is 5.91. The summed E-state index contributed by atoms with van der Waals surface area (Å²) in [6.07, 6.45) is 2.90. The number of benzene rings is 1. The Labute approximate surface area is 114 Å². The van der Waals surface area contributed by atoms with Crippen LogP contribution in [0.1, 0.15) is 13.3 Å². The number of hydrogen-bond donors (Lipinski definition) is 2. The number of rotatable bonds is 7. The third-order valence-electron chi connectivity index (χ3n) is 3.01. The quantitative estimate of drug-likeness (QED) is 0.750. The van der Waals surface area contributed by atoms with Gasteiger partial charge in [-0.2, -0.15) is 0 Å². The Morgan fingerprint density at radius 3 is 2.95 bits per heavy atom. The van der Waals surface area contributed by atoms with Crippen LogP contribution in [0.4, 0.5) is 5.69 Å². The molecule has 1 heterocycles. The molecule has 0 atom stereocenters. The summed E-state index contributed by atoms with van der Waals surface area (Å²) >= 11 is 0. The highest BCUT2D eigenvalue weighted by Crippen LogP contribution is 2.27. The Balaban J connectivity index is 2.11. The number of hydrogen-bond acceptors (Lipinski definition) is 4. The first-order valence-electron chi connectivity index (χ1n) is 6.72. The molecule has 0 amide bonds. The van der Waals surface area contributed by atoms with Crippen LogP contribution < -0.4 is 15.4 Å². The van der Waals surface area contributed by atoms with E-state index < -0.39 is 0 Å². The SMILES string of the molecule is CCNCCCNc1cc(OC)cc2cccnc12. The van der Waals surface area contributed by atoms with Gasteiger partial charge in [0, 0.05) is 24.2 Å². The molecule has 0 aliphatic rings. The predicted molar refractivity (Wildman–Crippen MR) is 79.9 cm³/mol. The summed E-state index contributed by atoms with van der Waals surface area (Å²) < 4.78 is 5.33. The Morgan fingerprint density at radius 2 is 2.16 bits per heavy atom. The minimum Gasteiger partial charge on any atom is -0.497 e. The van der Waals surface area contributed by atoms with E-state index in [0.29, 0.717) is 0 Å². The maximum absolute atomic E-state index is 5.33. The largest absolute Gasteiger partial charge is 0.497 e. The number of pyridine rings is 1. The van der Waals surface area contributed by atoms with E-state index in [9.17, 15) is 0 Å². The molecule has 0 aliphatic heterocycles. The topological polar surface area (TPSA) is 46.2 Å². The van der Waals surface area contributed by atoms with Crippen LogP contribution in [0.25, 0.3) is 10.9 Å². The van der Waals surface area contributed by atoms with Gasteiger partial charge in [0.15, 0.2) is 0 Å². The van der Waals surface area contributed by atoms with E-state index in [0.717, 1.165) is 48.4 Å². The zero-order chi connectivity index (χ0) is 13.5. The summed E-state index contributed by atoms with van der Waals surface area (Å²) in [6.45, 7) is 5.08. The van der Waals surface area contributed by atoms with Gasteiger partial charge in [-0.05, 0) is 31.6 Å². The zero-order valence-electron chi connectivity index (χ0n) is 11.6. The first kappa shape index (κ1) is 13.6. The van der Waals surface area contributed by atoms with E-state index in [4.69, 9.17) is 4.74 Å². The molecule has 0 unspecified atom stereocenters. The standard InChI is InChI=1S/C15H21N3O/c1-3-16-7-5-9-17-14-11-13(19-2)10-12-6-4-8-18-15(12)14/h4,6,8,10-11,16-17H,3,5,7,9H2,1-2H3. The molecule has 0 radical (unpaired) electrons. The number of nitrogens with zero attached hydrogens (tertiary/aromatic N) is 1. The van der Waals surface area contributed by atoms with Crippen molar-refractivity contribution < 1.29 is 4.74 Å². The third-order valence-corrected chi connectivity index (χ3v) is 3.01. The molecule has 1 aromatic heterocycles. The van der Waals surface area contributed by atoms with Gasteiger partial charge in [0.1, 0.15) is 5.75 Å². The van der Waals surface area contributed by atoms with Crippen LogP contribution in [0.2, 0.25) is 0 Å². The smallest absolute Gasteiger partial charge is 0.121 e. The first-order valence-corrected chi connectivity index (χ1v) is 6.72. The second-order valence-electron chi connectivity index (χ2n) is 4.38. The molecule has 1 aromatic carbocycles. The number of nitrogens with one attached hydrogen (secondary N) is 2. The lowest BCUT2D eigenvalue weighted by Gasteiger charge is -2.11. The van der Waals surface area contributed by atoms with Crippen molar-refractivity contribution in [2.75, 3.05) is 32.1 Å². The fourth-order valence-corrected chi connectivity index (χ4v) is 2.03. The Morgan fingerprint density at radius 1 is 1.26 bits per heavy atom. The lowest BCUT2D eigenvalue weighted by atomic mass is 10.1. The highest BCUT2D eigenvalue weighted by atomic mass is 16.5. The second kappa shape index (κ2) is 6.95. The summed E-state index contributed by atoms with van der Waals surface area (Å²) in [5, 5.41) is 7.85. The van der Waals surface area contributed by atoms with E-state index in [-0.39, 0.29) is 0 Å². The lowest BCUT2D eigenvalue weighted by Crippen LogP contribution is -2.17. The van der Waals surface area contributed by atoms with Crippen LogP contribution in [0.15, 0.2) is 30.5 Å². The van der Waals surface area contributed by atoms with Gasteiger partial charge in [0.2, 0.25) is 0 Å². The van der Waals surface area contributed by atoms with Crippen molar-refractivity contribution in [3.8, 4) is 5.75 Å². The number of aromatic nitrogens is 1. The van der Waals surface area contributed by atoms with Crippen molar-refractivity contribution in [2.45, 2.75) is 13.3 Å². The van der Waals surface area contributed by atoms with E-state index in [1.54, 1.807) is 7.11 Å². The molecule has 4 nitrogen and oxygen atoms in total. The fourth-order valence-electron chi connectivity index (χ4n) is 2.03. The van der Waals surface area contributed by atoms with Gasteiger partial charge in [-0.15, -0.1) is 0 Å². The molecule has 2 rings (SSSR count). The fraction of sp³-hybridized carbons (Fsp3) is 0.400. The molecule has 0 aliphatic carbocycles. The number of anilines is 1. The summed E-state index contributed by atoms with van der Waals surface area (Å²) in [4.78, 5) is 4.44. The summed E-state index contributed by atoms with van der Waals surface area (Å²) in [6, 6.07) is 8.00. The minimum absolute atomic E-state index is 0.856. The van der Waals surface area contributed by atoms with Gasteiger partial charge in [0.25, 0.3) is 0 Å². The normalized spacial score (nSPS) is 10.6. The molecule has 19 heavy (non-hydrogen) atoms. The summed E-state index contributed by atoms with van der Waals surface area (Å²) in [7, 11) is 1.69. The third kappa shape index (κ3) is 3.58. The van der Waals surface area contributed by atoms with Crippen LogP contribution >= 0.6 is 0 Å². The van der Waals surface area contributed by atoms with Crippen molar-refractivity contribution in [1.82, 2.24) is 10.3 Å². The second-order valence-corrected chi connectivity index (χ2v) is 4.38. The first-order chi connectivity index (χ1) is 9.35. The van der Waals surface area contributed by atoms with Gasteiger partial charge in [-0.25, -0.2) is 0 Å². The van der Waals surface area contributed by atoms with E-state index in [1.807, 2.05) is 24.4 Å². The molecule has 0 saturated carbocycles. The lowest BCUT2D eigenvalue weighted by molar-refractivity contribution is 0.415. The number of fused-ring (bicyclic) bond motifs is 1. The molecule has 102 valence electrons. The van der Waals surface area contributed by atoms with Gasteiger partial charge in [-0.1, -0.05) is 13.0 Å². The molecule has 2 aromatic rings. The molecule has 4 heteroatoms. The van der Waals surface area contributed by atoms with E-state index >= 15 is 0 Å². The zero-order valence-corrected chi connectivity index (χ0v) is 11.6. The van der Waals surface area contributed by atoms with Crippen LogP contribution in [0.5, 0.6) is 5.75 Å². The van der Waals surface area contributed by atoms with Crippen LogP contribution in [0.3, 0.4) is 0 Å². The summed E-state index contributed by atoms with van der Waals surface area (Å²) in [5.41, 5.74) is 2.03. The van der Waals surface area contributed by atoms with Gasteiger partial charge >= 0.3 is 0 Å². The Kier molecular flexibility index (Phi) is 4.98. The molecule has 0 bridgehead atoms. The van der Waals surface area contributed by atoms with Crippen molar-refractivity contribution in [1.29, 1.82) is 0 Å². The van der Waals surface area contributed by atoms with Crippen molar-refractivity contribution >= 4 is 16.6 Å². The molecule has 0 saturated heterocycles. The van der Waals surface area contributed by atoms with Crippen LogP contribution in [-0.4, -0.2) is 31.7 Å². The monoisotopic (exact) mass is 259 g/mol. The average molecular weight is 259 g/mol. The molecule has 0 spiro atoms. The molecular formula is C15H21N3O. The highest BCUT2D eigenvalue weighted by Gasteiger charge is 2.04. The molecule has 2 N–H and O–H groups in total.